The summed E-state index contributed by atoms with van der Waals surface area (Å²) in [5, 5.41) is 4.37. The Balaban J connectivity index is 1.90. The molecule has 0 saturated heterocycles. The highest BCUT2D eigenvalue weighted by molar-refractivity contribution is 6.58. The van der Waals surface area contributed by atoms with E-state index in [1.807, 2.05) is 50.3 Å². The van der Waals surface area contributed by atoms with Crippen LogP contribution in [0.15, 0.2) is 78.0 Å². The molecule has 0 N–H and O–H groups in total. The molecule has 2 aliphatic rings. The van der Waals surface area contributed by atoms with E-state index >= 15 is 8.63 Å². The number of halogens is 2. The van der Waals surface area contributed by atoms with Crippen LogP contribution in [0.25, 0.3) is 27.1 Å². The Hall–Kier alpha value is -3.47. The highest BCUT2D eigenvalue weighted by Crippen LogP contribution is 2.47. The smallest absolute Gasteiger partial charge is 0.393 e. The lowest BCUT2D eigenvalue weighted by Gasteiger charge is -2.34. The lowest BCUT2D eigenvalue weighted by molar-refractivity contribution is -0.363. The first-order valence-corrected chi connectivity index (χ1v) is 11.0. The van der Waals surface area contributed by atoms with Gasteiger partial charge in [-0.15, -0.1) is 0 Å². The van der Waals surface area contributed by atoms with E-state index in [1.165, 1.54) is 8.96 Å². The van der Waals surface area contributed by atoms with E-state index in [9.17, 15) is 0 Å². The summed E-state index contributed by atoms with van der Waals surface area (Å²) in [4.78, 5) is 0. The Morgan fingerprint density at radius 3 is 2.03 bits per heavy atom. The number of benzene rings is 3. The maximum Gasteiger partial charge on any atom is 0.737 e. The molecule has 0 amide bonds. The van der Waals surface area contributed by atoms with Gasteiger partial charge >= 0.3 is 6.97 Å². The van der Waals surface area contributed by atoms with E-state index in [2.05, 4.69) is 30.3 Å². The molecule has 0 atom stereocenters. The zero-order valence-corrected chi connectivity index (χ0v) is 18.6. The van der Waals surface area contributed by atoms with Gasteiger partial charge in [-0.05, 0) is 65.7 Å². The zero-order valence-electron chi connectivity index (χ0n) is 18.6. The van der Waals surface area contributed by atoms with Crippen molar-refractivity contribution in [1.82, 2.24) is 4.48 Å². The van der Waals surface area contributed by atoms with Crippen molar-refractivity contribution < 1.29 is 13.1 Å². The molecular formula is C27H23BF2N2. The minimum Gasteiger partial charge on any atom is -0.393 e. The summed E-state index contributed by atoms with van der Waals surface area (Å²) < 4.78 is 34.6. The number of nitrogens with zero attached hydrogens (tertiary/aromatic N) is 2. The number of aryl methyl sites for hydroxylation is 2. The third kappa shape index (κ3) is 2.31. The molecule has 32 heavy (non-hydrogen) atoms. The van der Waals surface area contributed by atoms with Crippen molar-refractivity contribution in [2.75, 3.05) is 0 Å². The number of fused-ring (bicyclic) bond motifs is 4. The Labute approximate surface area is 185 Å². The topological polar surface area (TPSA) is 7.94 Å². The van der Waals surface area contributed by atoms with E-state index in [4.69, 9.17) is 0 Å². The second kappa shape index (κ2) is 6.29. The van der Waals surface area contributed by atoms with Gasteiger partial charge in [-0.25, -0.2) is 0 Å². The summed E-state index contributed by atoms with van der Waals surface area (Å²) in [6, 6.07) is 20.6. The van der Waals surface area contributed by atoms with Gasteiger partial charge in [0.1, 0.15) is 5.71 Å². The minimum atomic E-state index is -3.99. The van der Waals surface area contributed by atoms with Gasteiger partial charge in [0.25, 0.3) is 0 Å². The van der Waals surface area contributed by atoms with Crippen LogP contribution in [-0.4, -0.2) is 21.6 Å². The van der Waals surface area contributed by atoms with Crippen LogP contribution >= 0.6 is 0 Å². The van der Waals surface area contributed by atoms with Crippen molar-refractivity contribution in [3.05, 3.63) is 101 Å². The largest absolute Gasteiger partial charge is 0.737 e. The van der Waals surface area contributed by atoms with Crippen LogP contribution in [0, 0.1) is 13.8 Å². The van der Waals surface area contributed by atoms with Crippen LogP contribution in [0.5, 0.6) is 0 Å². The molecule has 0 unspecified atom stereocenters. The fraction of sp³-hybridized carbons (Fsp3) is 0.148. The number of allylic oxidation sites excluding steroid dienone is 2. The highest BCUT2D eigenvalue weighted by Gasteiger charge is 2.55. The molecule has 2 nitrogen and oxygen atoms in total. The first kappa shape index (κ1) is 19.2. The molecule has 5 heteroatoms. The molecule has 1 aromatic heterocycles. The second-order valence-electron chi connectivity index (χ2n) is 9.03. The number of hydrogen-bond acceptors (Lipinski definition) is 0. The van der Waals surface area contributed by atoms with Crippen molar-refractivity contribution in [3.63, 3.8) is 0 Å². The van der Waals surface area contributed by atoms with E-state index in [0.29, 0.717) is 22.8 Å². The summed E-state index contributed by atoms with van der Waals surface area (Å²) in [7, 11) is 0. The molecule has 2 aliphatic heterocycles. The third-order valence-electron chi connectivity index (χ3n) is 6.96. The van der Waals surface area contributed by atoms with Crippen LogP contribution in [0.3, 0.4) is 0 Å². The molecular weight excluding hydrogens is 401 g/mol. The Kier molecular flexibility index (Phi) is 3.78. The predicted molar refractivity (Wildman–Crippen MR) is 129 cm³/mol. The molecule has 0 aliphatic carbocycles. The lowest BCUT2D eigenvalue weighted by Crippen LogP contribution is -2.51. The first-order valence-electron chi connectivity index (χ1n) is 11.0. The van der Waals surface area contributed by atoms with Crippen molar-refractivity contribution >= 4 is 39.8 Å². The monoisotopic (exact) mass is 424 g/mol. The molecule has 3 aromatic carbocycles. The summed E-state index contributed by atoms with van der Waals surface area (Å²) in [6.45, 7) is 3.46. The Morgan fingerprint density at radius 1 is 0.812 bits per heavy atom. The molecule has 158 valence electrons. The van der Waals surface area contributed by atoms with Crippen LogP contribution in [0.4, 0.5) is 8.63 Å². The first-order chi connectivity index (χ1) is 15.3. The van der Waals surface area contributed by atoms with Gasteiger partial charge in [0.2, 0.25) is 0 Å². The summed E-state index contributed by atoms with van der Waals surface area (Å²) in [5.41, 5.74) is 6.09. The fourth-order valence-electron chi connectivity index (χ4n) is 5.82. The van der Waals surface area contributed by atoms with Gasteiger partial charge < -0.3 is 17.6 Å². The normalized spacial score (nSPS) is 17.2. The molecule has 0 radical (unpaired) electrons. The van der Waals surface area contributed by atoms with Gasteiger partial charge in [-0.2, -0.15) is 0 Å². The van der Waals surface area contributed by atoms with Crippen molar-refractivity contribution in [3.8, 4) is 0 Å². The van der Waals surface area contributed by atoms with Crippen molar-refractivity contribution in [2.24, 2.45) is 0 Å². The molecule has 0 spiro atoms. The highest BCUT2D eigenvalue weighted by atomic mass is 19.2. The maximum atomic E-state index is 16.0. The van der Waals surface area contributed by atoms with E-state index in [1.54, 1.807) is 13.8 Å². The summed E-state index contributed by atoms with van der Waals surface area (Å²) in [6.07, 6.45) is 1.88. The number of rotatable bonds is 1. The quantitative estimate of drug-likeness (QED) is 0.234. The minimum absolute atomic E-state index is 0.584. The van der Waals surface area contributed by atoms with E-state index in [-0.39, 0.29) is 0 Å². The molecule has 0 saturated carbocycles. The van der Waals surface area contributed by atoms with Gasteiger partial charge in [-0.1, -0.05) is 48.5 Å². The van der Waals surface area contributed by atoms with Gasteiger partial charge in [-0.3, -0.25) is 0 Å². The lowest BCUT2D eigenvalue weighted by atomic mass is 9.81. The van der Waals surface area contributed by atoms with Crippen molar-refractivity contribution in [1.29, 1.82) is 0 Å². The average Bonchev–Trinajstić information content (AvgIpc) is 3.23. The van der Waals surface area contributed by atoms with E-state index in [0.717, 1.165) is 43.8 Å². The van der Waals surface area contributed by atoms with Gasteiger partial charge in [0.15, 0.2) is 5.70 Å². The number of hydrogen-bond donors (Lipinski definition) is 0. The Bertz CT molecular complexity index is 1530. The summed E-state index contributed by atoms with van der Waals surface area (Å²) in [5.74, 6) is 0. The van der Waals surface area contributed by atoms with Crippen LogP contribution in [0.1, 0.15) is 36.4 Å². The molecule has 0 bridgehead atoms. The molecule has 6 rings (SSSR count). The average molecular weight is 424 g/mol. The Morgan fingerprint density at radius 2 is 1.41 bits per heavy atom. The van der Waals surface area contributed by atoms with Gasteiger partial charge in [0.05, 0.1) is 5.57 Å². The predicted octanol–water partition coefficient (Wildman–Crippen LogP) is 6.84. The fourth-order valence-corrected chi connectivity index (χ4v) is 5.82. The standard InChI is InChI=1S/C27H23BF2N2/c1-16-13-18(3)31-26(16)25(27-17(2)14-19(4)32(27)28(31,29)30)24-22-11-7-5-9-20(22)15-21-10-6-8-12-23(21)24/h5-15H,1-4H3. The van der Waals surface area contributed by atoms with Crippen molar-refractivity contribution in [2.45, 2.75) is 27.7 Å². The summed E-state index contributed by atoms with van der Waals surface area (Å²) >= 11 is 0. The van der Waals surface area contributed by atoms with Crippen LogP contribution in [0.2, 0.25) is 0 Å². The van der Waals surface area contributed by atoms with E-state index < -0.39 is 6.97 Å². The molecule has 4 aromatic rings. The third-order valence-corrected chi connectivity index (χ3v) is 6.96. The second-order valence-corrected chi connectivity index (χ2v) is 9.03. The molecule has 3 heterocycles. The SMILES string of the molecule is CC1=CC(C)=[N+]2C1=C(c1c3ccccc3cc3ccccc13)c1c(C)cc(C)n1[B-]2(F)F. The number of aromatic nitrogens is 1. The zero-order chi connectivity index (χ0) is 22.4. The van der Waals surface area contributed by atoms with Crippen LogP contribution < -0.4 is 0 Å². The maximum absolute atomic E-state index is 16.0. The molecule has 0 fully saturated rings. The van der Waals surface area contributed by atoms with Gasteiger partial charge in [0, 0.05) is 29.8 Å². The van der Waals surface area contributed by atoms with Crippen LogP contribution in [-0.2, 0) is 0 Å².